The molecule has 3 aromatic rings. The van der Waals surface area contributed by atoms with E-state index in [9.17, 15) is 0 Å². The molecule has 2 heterocycles. The van der Waals surface area contributed by atoms with Crippen molar-refractivity contribution in [3.8, 4) is 5.69 Å². The van der Waals surface area contributed by atoms with Crippen LogP contribution in [0.5, 0.6) is 0 Å². The molecule has 2 N–H and O–H groups in total. The molecule has 0 atom stereocenters. The van der Waals surface area contributed by atoms with Gasteiger partial charge in [-0.1, -0.05) is 6.07 Å². The van der Waals surface area contributed by atoms with E-state index in [1.165, 1.54) is 5.56 Å². The zero-order valence-corrected chi connectivity index (χ0v) is 10.5. The molecular formula is C15H14N4. The summed E-state index contributed by atoms with van der Waals surface area (Å²) in [6.45, 7) is 0. The van der Waals surface area contributed by atoms with Crippen molar-refractivity contribution < 1.29 is 0 Å². The molecule has 2 aromatic heterocycles. The van der Waals surface area contributed by atoms with Gasteiger partial charge in [0.2, 0.25) is 0 Å². The monoisotopic (exact) mass is 250 g/mol. The molecule has 1 aromatic carbocycles. The second kappa shape index (κ2) is 3.65. The van der Waals surface area contributed by atoms with Gasteiger partial charge >= 0.3 is 0 Å². The number of hydrogen-bond donors (Lipinski definition) is 1. The number of nitrogens with zero attached hydrogens (tertiary/aromatic N) is 3. The van der Waals surface area contributed by atoms with Crippen molar-refractivity contribution in [1.29, 1.82) is 0 Å². The van der Waals surface area contributed by atoms with Crippen molar-refractivity contribution in [2.45, 2.75) is 18.4 Å². The molecule has 1 aliphatic rings. The molecule has 0 radical (unpaired) electrons. The Bertz CT molecular complexity index is 742. The summed E-state index contributed by atoms with van der Waals surface area (Å²) in [6.07, 6.45) is 7.61. The summed E-state index contributed by atoms with van der Waals surface area (Å²) in [5.74, 6) is 0. The van der Waals surface area contributed by atoms with Crippen molar-refractivity contribution in [3.05, 3.63) is 54.5 Å². The summed E-state index contributed by atoms with van der Waals surface area (Å²) in [5, 5.41) is 5.44. The third kappa shape index (κ3) is 1.64. The highest BCUT2D eigenvalue weighted by Gasteiger charge is 2.41. The van der Waals surface area contributed by atoms with Crippen LogP contribution in [-0.2, 0) is 5.54 Å². The van der Waals surface area contributed by atoms with Crippen LogP contribution < -0.4 is 5.73 Å². The fraction of sp³-hybridized carbons (Fsp3) is 0.200. The quantitative estimate of drug-likeness (QED) is 0.759. The Kier molecular flexibility index (Phi) is 2.05. The first-order valence-electron chi connectivity index (χ1n) is 6.44. The average Bonchev–Trinajstić information content (AvgIpc) is 2.98. The van der Waals surface area contributed by atoms with Gasteiger partial charge in [0.1, 0.15) is 0 Å². The highest BCUT2D eigenvalue weighted by molar-refractivity contribution is 5.85. The predicted octanol–water partition coefficient (Wildman–Crippen LogP) is 2.37. The van der Waals surface area contributed by atoms with Crippen LogP contribution in [-0.4, -0.2) is 14.8 Å². The number of aromatic nitrogens is 3. The first kappa shape index (κ1) is 10.7. The van der Waals surface area contributed by atoms with Gasteiger partial charge in [-0.25, -0.2) is 4.68 Å². The Balaban J connectivity index is 2.02. The zero-order chi connectivity index (χ0) is 12.9. The van der Waals surface area contributed by atoms with E-state index in [0.29, 0.717) is 0 Å². The summed E-state index contributed by atoms with van der Waals surface area (Å²) in [5.41, 5.74) is 9.40. The SMILES string of the molecule is NC1(c2cc(-n3cccn3)cc3ncccc23)CC1. The minimum Gasteiger partial charge on any atom is -0.321 e. The van der Waals surface area contributed by atoms with Gasteiger partial charge in [-0.2, -0.15) is 5.10 Å². The van der Waals surface area contributed by atoms with E-state index in [1.54, 1.807) is 6.20 Å². The largest absolute Gasteiger partial charge is 0.321 e. The van der Waals surface area contributed by atoms with Gasteiger partial charge in [0.05, 0.1) is 11.2 Å². The maximum atomic E-state index is 6.40. The fourth-order valence-corrected chi connectivity index (χ4v) is 2.54. The third-order valence-corrected chi connectivity index (χ3v) is 3.80. The van der Waals surface area contributed by atoms with Crippen molar-refractivity contribution in [2.75, 3.05) is 0 Å². The normalized spacial score (nSPS) is 16.7. The maximum Gasteiger partial charge on any atom is 0.0726 e. The van der Waals surface area contributed by atoms with E-state index in [2.05, 4.69) is 28.3 Å². The molecule has 4 rings (SSSR count). The Morgan fingerprint density at radius 3 is 2.79 bits per heavy atom. The van der Waals surface area contributed by atoms with Crippen LogP contribution in [0.15, 0.2) is 48.9 Å². The van der Waals surface area contributed by atoms with Crippen molar-refractivity contribution in [1.82, 2.24) is 14.8 Å². The van der Waals surface area contributed by atoms with Gasteiger partial charge in [-0.05, 0) is 42.7 Å². The first-order valence-corrected chi connectivity index (χ1v) is 6.44. The summed E-state index contributed by atoms with van der Waals surface area (Å²) < 4.78 is 1.85. The molecule has 4 nitrogen and oxygen atoms in total. The fourth-order valence-electron chi connectivity index (χ4n) is 2.54. The highest BCUT2D eigenvalue weighted by Crippen LogP contribution is 2.45. The molecule has 1 fully saturated rings. The van der Waals surface area contributed by atoms with E-state index >= 15 is 0 Å². The van der Waals surface area contributed by atoms with E-state index in [-0.39, 0.29) is 5.54 Å². The van der Waals surface area contributed by atoms with Gasteiger partial charge in [0, 0.05) is 29.5 Å². The van der Waals surface area contributed by atoms with E-state index < -0.39 is 0 Å². The summed E-state index contributed by atoms with van der Waals surface area (Å²) in [6, 6.07) is 10.2. The molecule has 0 unspecified atom stereocenters. The van der Waals surface area contributed by atoms with Crippen LogP contribution in [0.4, 0.5) is 0 Å². The van der Waals surface area contributed by atoms with Crippen LogP contribution in [0.1, 0.15) is 18.4 Å². The predicted molar refractivity (Wildman–Crippen MR) is 74.0 cm³/mol. The molecule has 0 amide bonds. The molecular weight excluding hydrogens is 236 g/mol. The number of benzene rings is 1. The number of hydrogen-bond acceptors (Lipinski definition) is 3. The third-order valence-electron chi connectivity index (χ3n) is 3.80. The van der Waals surface area contributed by atoms with Gasteiger partial charge < -0.3 is 5.73 Å². The summed E-state index contributed by atoms with van der Waals surface area (Å²) in [7, 11) is 0. The molecule has 0 saturated heterocycles. The van der Waals surface area contributed by atoms with Crippen LogP contribution in [0.25, 0.3) is 16.6 Å². The number of fused-ring (bicyclic) bond motifs is 1. The smallest absolute Gasteiger partial charge is 0.0726 e. The number of nitrogens with two attached hydrogens (primary N) is 1. The Labute approximate surface area is 110 Å². The lowest BCUT2D eigenvalue weighted by Gasteiger charge is -2.14. The molecule has 0 spiro atoms. The van der Waals surface area contributed by atoms with E-state index in [1.807, 2.05) is 29.2 Å². The molecule has 0 bridgehead atoms. The van der Waals surface area contributed by atoms with Gasteiger partial charge in [-0.15, -0.1) is 0 Å². The minimum atomic E-state index is -0.176. The summed E-state index contributed by atoms with van der Waals surface area (Å²) in [4.78, 5) is 4.46. The Hall–Kier alpha value is -2.20. The first-order chi connectivity index (χ1) is 9.26. The van der Waals surface area contributed by atoms with E-state index in [0.717, 1.165) is 29.4 Å². The van der Waals surface area contributed by atoms with Crippen molar-refractivity contribution in [3.63, 3.8) is 0 Å². The van der Waals surface area contributed by atoms with Crippen molar-refractivity contribution in [2.24, 2.45) is 5.73 Å². The molecule has 4 heteroatoms. The van der Waals surface area contributed by atoms with E-state index in [4.69, 9.17) is 5.73 Å². The lowest BCUT2D eigenvalue weighted by Crippen LogP contribution is -2.19. The zero-order valence-electron chi connectivity index (χ0n) is 10.5. The summed E-state index contributed by atoms with van der Waals surface area (Å²) >= 11 is 0. The van der Waals surface area contributed by atoms with Gasteiger partial charge in [0.25, 0.3) is 0 Å². The number of rotatable bonds is 2. The molecule has 19 heavy (non-hydrogen) atoms. The Morgan fingerprint density at radius 1 is 1.16 bits per heavy atom. The topological polar surface area (TPSA) is 56.7 Å². The van der Waals surface area contributed by atoms with Crippen molar-refractivity contribution >= 4 is 10.9 Å². The lowest BCUT2D eigenvalue weighted by molar-refractivity contribution is 0.744. The van der Waals surface area contributed by atoms with Crippen LogP contribution in [0.2, 0.25) is 0 Å². The highest BCUT2D eigenvalue weighted by atomic mass is 15.3. The molecule has 1 saturated carbocycles. The second-order valence-corrected chi connectivity index (χ2v) is 5.17. The lowest BCUT2D eigenvalue weighted by atomic mass is 9.99. The van der Waals surface area contributed by atoms with Gasteiger partial charge in [0.15, 0.2) is 0 Å². The van der Waals surface area contributed by atoms with Crippen LogP contribution in [0, 0.1) is 0 Å². The molecule has 94 valence electrons. The standard InChI is InChI=1S/C15H14N4/c16-15(4-5-15)13-9-11(19-8-2-7-18-19)10-14-12(13)3-1-6-17-14/h1-3,6-10H,4-5,16H2. The number of pyridine rings is 1. The van der Waals surface area contributed by atoms with Crippen LogP contribution in [0.3, 0.4) is 0 Å². The Morgan fingerprint density at radius 2 is 2.05 bits per heavy atom. The second-order valence-electron chi connectivity index (χ2n) is 5.17. The maximum absolute atomic E-state index is 6.40. The molecule has 1 aliphatic carbocycles. The average molecular weight is 250 g/mol. The minimum absolute atomic E-state index is 0.176. The molecule has 0 aliphatic heterocycles. The van der Waals surface area contributed by atoms with Gasteiger partial charge in [-0.3, -0.25) is 4.98 Å². The van der Waals surface area contributed by atoms with Crippen LogP contribution >= 0.6 is 0 Å².